The predicted octanol–water partition coefficient (Wildman–Crippen LogP) is 3.03. The molecular weight excluding hydrogens is 220 g/mol. The zero-order valence-corrected chi connectivity index (χ0v) is 12.0. The smallest absolute Gasteiger partial charge is 0.0226 e. The molecular formula is C16H30N2. The lowest BCUT2D eigenvalue weighted by molar-refractivity contribution is 0.0658. The molecule has 3 unspecified atom stereocenters. The average molecular weight is 250 g/mol. The highest BCUT2D eigenvalue weighted by Crippen LogP contribution is 2.30. The second-order valence-corrected chi connectivity index (χ2v) is 6.89. The number of fused-ring (bicyclic) bond motifs is 3. The number of nitrogens with zero attached hydrogens (tertiary/aromatic N) is 1. The summed E-state index contributed by atoms with van der Waals surface area (Å²) in [5.41, 5.74) is 0. The van der Waals surface area contributed by atoms with Crippen LogP contribution in [0.3, 0.4) is 0 Å². The summed E-state index contributed by atoms with van der Waals surface area (Å²) in [6.45, 7) is 6.43. The molecule has 3 heterocycles. The largest absolute Gasteiger partial charge is 0.310 e. The van der Waals surface area contributed by atoms with Crippen molar-refractivity contribution in [2.45, 2.75) is 70.4 Å². The first-order valence-corrected chi connectivity index (χ1v) is 8.33. The van der Waals surface area contributed by atoms with Crippen molar-refractivity contribution in [2.75, 3.05) is 19.6 Å². The molecule has 2 nitrogen and oxygen atoms in total. The molecule has 0 spiro atoms. The van der Waals surface area contributed by atoms with Crippen LogP contribution in [0, 0.1) is 11.8 Å². The molecule has 18 heavy (non-hydrogen) atoms. The minimum Gasteiger partial charge on any atom is -0.310 e. The fourth-order valence-corrected chi connectivity index (χ4v) is 4.41. The van der Waals surface area contributed by atoms with Crippen molar-refractivity contribution in [2.24, 2.45) is 11.8 Å². The van der Waals surface area contributed by atoms with Crippen LogP contribution in [0.2, 0.25) is 0 Å². The monoisotopic (exact) mass is 250 g/mol. The van der Waals surface area contributed by atoms with E-state index in [0.29, 0.717) is 0 Å². The maximum atomic E-state index is 4.03. The van der Waals surface area contributed by atoms with E-state index in [4.69, 9.17) is 0 Å². The molecule has 104 valence electrons. The Hall–Kier alpha value is -0.0800. The van der Waals surface area contributed by atoms with Crippen LogP contribution in [0.5, 0.6) is 0 Å². The second kappa shape index (κ2) is 5.92. The van der Waals surface area contributed by atoms with Crippen molar-refractivity contribution in [3.05, 3.63) is 0 Å². The SMILES string of the molecule is CCC1CCCC(NC2CN3CCC2CC3)CC1. The van der Waals surface area contributed by atoms with Gasteiger partial charge in [0.1, 0.15) is 0 Å². The van der Waals surface area contributed by atoms with Gasteiger partial charge in [0.2, 0.25) is 0 Å². The van der Waals surface area contributed by atoms with E-state index in [9.17, 15) is 0 Å². The fraction of sp³-hybridized carbons (Fsp3) is 1.00. The Labute approximate surface area is 113 Å². The van der Waals surface area contributed by atoms with E-state index in [1.54, 1.807) is 0 Å². The molecule has 1 saturated carbocycles. The van der Waals surface area contributed by atoms with E-state index >= 15 is 0 Å². The Morgan fingerprint density at radius 2 is 1.83 bits per heavy atom. The molecule has 4 rings (SSSR count). The van der Waals surface area contributed by atoms with Crippen LogP contribution in [0.4, 0.5) is 0 Å². The van der Waals surface area contributed by atoms with E-state index in [2.05, 4.69) is 17.1 Å². The summed E-state index contributed by atoms with van der Waals surface area (Å²) in [5.74, 6) is 2.00. The van der Waals surface area contributed by atoms with Gasteiger partial charge in [0.25, 0.3) is 0 Å². The average Bonchev–Trinajstić information content (AvgIpc) is 2.65. The summed E-state index contributed by atoms with van der Waals surface area (Å²) in [7, 11) is 0. The Morgan fingerprint density at radius 3 is 2.50 bits per heavy atom. The van der Waals surface area contributed by atoms with Gasteiger partial charge in [0.15, 0.2) is 0 Å². The van der Waals surface area contributed by atoms with E-state index in [0.717, 1.165) is 23.9 Å². The van der Waals surface area contributed by atoms with Gasteiger partial charge in [-0.25, -0.2) is 0 Å². The summed E-state index contributed by atoms with van der Waals surface area (Å²) in [5, 5.41) is 4.03. The summed E-state index contributed by atoms with van der Waals surface area (Å²) < 4.78 is 0. The zero-order valence-electron chi connectivity index (χ0n) is 12.0. The first-order valence-electron chi connectivity index (χ1n) is 8.33. The van der Waals surface area contributed by atoms with Crippen LogP contribution < -0.4 is 5.32 Å². The summed E-state index contributed by atoms with van der Waals surface area (Å²) in [6.07, 6.45) is 11.6. The molecule has 0 radical (unpaired) electrons. The molecule has 2 heteroatoms. The molecule has 4 fully saturated rings. The molecule has 1 aliphatic carbocycles. The van der Waals surface area contributed by atoms with Gasteiger partial charge in [-0.05, 0) is 57.0 Å². The molecule has 0 aromatic carbocycles. The molecule has 2 bridgehead atoms. The lowest BCUT2D eigenvalue weighted by Gasteiger charge is -2.46. The van der Waals surface area contributed by atoms with Crippen LogP contribution in [0.25, 0.3) is 0 Å². The van der Waals surface area contributed by atoms with E-state index in [-0.39, 0.29) is 0 Å². The maximum Gasteiger partial charge on any atom is 0.0226 e. The second-order valence-electron chi connectivity index (χ2n) is 6.89. The lowest BCUT2D eigenvalue weighted by Crippen LogP contribution is -2.58. The Kier molecular flexibility index (Phi) is 4.25. The third-order valence-electron chi connectivity index (χ3n) is 5.77. The first-order chi connectivity index (χ1) is 8.85. The van der Waals surface area contributed by atoms with Crippen LogP contribution in [-0.2, 0) is 0 Å². The van der Waals surface area contributed by atoms with Crippen molar-refractivity contribution in [1.82, 2.24) is 10.2 Å². The number of hydrogen-bond acceptors (Lipinski definition) is 2. The number of piperidine rings is 3. The molecule has 0 aromatic heterocycles. The van der Waals surface area contributed by atoms with Crippen molar-refractivity contribution in [3.8, 4) is 0 Å². The topological polar surface area (TPSA) is 15.3 Å². The molecule has 3 saturated heterocycles. The van der Waals surface area contributed by atoms with Gasteiger partial charge in [-0.2, -0.15) is 0 Å². The highest BCUT2D eigenvalue weighted by molar-refractivity contribution is 4.92. The highest BCUT2D eigenvalue weighted by atomic mass is 15.2. The van der Waals surface area contributed by atoms with Crippen molar-refractivity contribution < 1.29 is 0 Å². The Balaban J connectivity index is 1.50. The zero-order chi connectivity index (χ0) is 12.4. The minimum atomic E-state index is 0.815. The van der Waals surface area contributed by atoms with Gasteiger partial charge in [-0.15, -0.1) is 0 Å². The predicted molar refractivity (Wildman–Crippen MR) is 76.7 cm³/mol. The molecule has 0 amide bonds. The van der Waals surface area contributed by atoms with E-state index in [1.165, 1.54) is 71.0 Å². The lowest BCUT2D eigenvalue weighted by atomic mass is 9.83. The fourth-order valence-electron chi connectivity index (χ4n) is 4.41. The minimum absolute atomic E-state index is 0.815. The normalized spacial score (nSPS) is 44.8. The van der Waals surface area contributed by atoms with E-state index in [1.807, 2.05) is 0 Å². The first kappa shape index (κ1) is 12.9. The summed E-state index contributed by atoms with van der Waals surface area (Å²) >= 11 is 0. The third-order valence-corrected chi connectivity index (χ3v) is 5.77. The van der Waals surface area contributed by atoms with Crippen LogP contribution >= 0.6 is 0 Å². The Bertz CT molecular complexity index is 258. The standard InChI is InChI=1S/C16H30N2/c1-2-13-4-3-5-15(7-6-13)17-16-12-18-10-8-14(16)9-11-18/h13-17H,2-12H2,1H3. The van der Waals surface area contributed by atoms with Gasteiger partial charge >= 0.3 is 0 Å². The van der Waals surface area contributed by atoms with Gasteiger partial charge in [-0.3, -0.25) is 0 Å². The van der Waals surface area contributed by atoms with Gasteiger partial charge < -0.3 is 10.2 Å². The summed E-state index contributed by atoms with van der Waals surface area (Å²) in [4.78, 5) is 2.67. The molecule has 3 aliphatic heterocycles. The Morgan fingerprint density at radius 1 is 1.00 bits per heavy atom. The number of nitrogens with one attached hydrogen (secondary N) is 1. The molecule has 1 N–H and O–H groups in total. The van der Waals surface area contributed by atoms with Crippen LogP contribution in [0.15, 0.2) is 0 Å². The molecule has 0 aromatic rings. The van der Waals surface area contributed by atoms with E-state index < -0.39 is 0 Å². The van der Waals surface area contributed by atoms with Crippen LogP contribution in [-0.4, -0.2) is 36.6 Å². The quantitative estimate of drug-likeness (QED) is 0.775. The highest BCUT2D eigenvalue weighted by Gasteiger charge is 2.35. The molecule has 3 atom stereocenters. The van der Waals surface area contributed by atoms with Crippen molar-refractivity contribution >= 4 is 0 Å². The van der Waals surface area contributed by atoms with Gasteiger partial charge in [0.05, 0.1) is 0 Å². The number of rotatable bonds is 3. The third kappa shape index (κ3) is 2.91. The van der Waals surface area contributed by atoms with Crippen LogP contribution in [0.1, 0.15) is 58.3 Å². The number of hydrogen-bond donors (Lipinski definition) is 1. The van der Waals surface area contributed by atoms with Gasteiger partial charge in [-0.1, -0.05) is 26.2 Å². The van der Waals surface area contributed by atoms with Gasteiger partial charge in [0, 0.05) is 18.6 Å². The maximum absolute atomic E-state index is 4.03. The summed E-state index contributed by atoms with van der Waals surface area (Å²) in [6, 6.07) is 1.64. The van der Waals surface area contributed by atoms with Crippen molar-refractivity contribution in [3.63, 3.8) is 0 Å². The molecule has 4 aliphatic rings. The van der Waals surface area contributed by atoms with Crippen molar-refractivity contribution in [1.29, 1.82) is 0 Å².